The van der Waals surface area contributed by atoms with Gasteiger partial charge in [-0.1, -0.05) is 48.5 Å². The van der Waals surface area contributed by atoms with Crippen LogP contribution in [-0.2, 0) is 16.1 Å². The molecule has 4 aromatic carbocycles. The summed E-state index contributed by atoms with van der Waals surface area (Å²) in [4.78, 5) is 46.4. The number of amides is 3. The minimum atomic E-state index is -0.586. The number of piperidine rings is 2. The molecule has 3 fully saturated rings. The molecule has 3 saturated heterocycles. The second-order valence-corrected chi connectivity index (χ2v) is 15.9. The molecule has 55 heavy (non-hydrogen) atoms. The fraction of sp³-hybridized carbons (Fsp3) is 0.400. The van der Waals surface area contributed by atoms with Crippen molar-refractivity contribution in [1.82, 2.24) is 15.1 Å². The Hall–Kier alpha value is -5.35. The number of nitrogens with one attached hydrogen (secondary N) is 1. The molecule has 5 aliphatic heterocycles. The third-order valence-corrected chi connectivity index (χ3v) is 12.7. The Bertz CT molecular complexity index is 2060. The molecule has 1 unspecified atom stereocenters. The fourth-order valence-corrected chi connectivity index (χ4v) is 9.52. The number of piperazine rings is 1. The van der Waals surface area contributed by atoms with Gasteiger partial charge in [0.15, 0.2) is 0 Å². The number of nitrogens with zero attached hydrogens (tertiary/aromatic N) is 4. The summed E-state index contributed by atoms with van der Waals surface area (Å²) in [7, 11) is 0. The lowest BCUT2D eigenvalue weighted by Crippen LogP contribution is -2.52. The van der Waals surface area contributed by atoms with Crippen LogP contribution in [0.4, 0.5) is 11.4 Å². The first-order chi connectivity index (χ1) is 26.9. The highest BCUT2D eigenvalue weighted by atomic mass is 16.5. The summed E-state index contributed by atoms with van der Waals surface area (Å²) in [5.41, 5.74) is 7.69. The van der Waals surface area contributed by atoms with E-state index in [1.807, 2.05) is 18.2 Å². The van der Waals surface area contributed by atoms with E-state index >= 15 is 0 Å². The van der Waals surface area contributed by atoms with Gasteiger partial charge in [0.1, 0.15) is 17.5 Å². The minimum absolute atomic E-state index is 0.123. The Morgan fingerprint density at radius 2 is 1.49 bits per heavy atom. The first-order valence-corrected chi connectivity index (χ1v) is 20.0. The summed E-state index contributed by atoms with van der Waals surface area (Å²) >= 11 is 0. The molecule has 9 rings (SSSR count). The van der Waals surface area contributed by atoms with Crippen molar-refractivity contribution in [2.75, 3.05) is 62.2 Å². The summed E-state index contributed by atoms with van der Waals surface area (Å²) in [5, 5.41) is 12.5. The zero-order valence-electron chi connectivity index (χ0n) is 31.2. The average Bonchev–Trinajstić information content (AvgIpc) is 3.55. The van der Waals surface area contributed by atoms with Gasteiger partial charge in [-0.05, 0) is 91.2 Å². The molecule has 0 saturated carbocycles. The lowest BCUT2D eigenvalue weighted by atomic mass is 9.76. The number of fused-ring (bicyclic) bond motifs is 2. The van der Waals surface area contributed by atoms with Gasteiger partial charge in [-0.3, -0.25) is 24.6 Å². The van der Waals surface area contributed by atoms with Crippen LogP contribution in [0, 0.1) is 5.92 Å². The van der Waals surface area contributed by atoms with Crippen molar-refractivity contribution in [3.8, 4) is 11.5 Å². The number of phenolic OH excluding ortho intramolecular Hbond substituents is 1. The summed E-state index contributed by atoms with van der Waals surface area (Å²) in [6.45, 7) is 8.20. The average molecular weight is 740 g/mol. The SMILES string of the molecule is O=C1CC[C@H](N2Cc3cc(N4CCN(CCC5CCN(c6ccc(C7c8ccc(O)cc8OC[C@@H]7c7ccccc7)cc6)CC5)CC4)ccc3C2=O)C(=O)N1. The van der Waals surface area contributed by atoms with Gasteiger partial charge >= 0.3 is 0 Å². The molecule has 3 atom stereocenters. The second-order valence-electron chi connectivity index (χ2n) is 15.9. The van der Waals surface area contributed by atoms with Gasteiger partial charge in [0.05, 0.1) is 6.61 Å². The lowest BCUT2D eigenvalue weighted by molar-refractivity contribution is -0.136. The van der Waals surface area contributed by atoms with Crippen LogP contribution in [0.1, 0.15) is 76.6 Å². The molecular formula is C45H49N5O5. The van der Waals surface area contributed by atoms with E-state index in [1.54, 1.807) is 17.0 Å². The van der Waals surface area contributed by atoms with Crippen molar-refractivity contribution in [3.63, 3.8) is 0 Å². The molecule has 3 amide bonds. The zero-order valence-corrected chi connectivity index (χ0v) is 31.2. The summed E-state index contributed by atoms with van der Waals surface area (Å²) < 4.78 is 6.17. The van der Waals surface area contributed by atoms with E-state index in [2.05, 4.69) is 80.7 Å². The normalized spacial score (nSPS) is 23.3. The Kier molecular flexibility index (Phi) is 9.68. The van der Waals surface area contributed by atoms with Gasteiger partial charge < -0.3 is 24.5 Å². The van der Waals surface area contributed by atoms with E-state index in [9.17, 15) is 19.5 Å². The molecule has 5 aliphatic rings. The van der Waals surface area contributed by atoms with Crippen molar-refractivity contribution < 1.29 is 24.2 Å². The first-order valence-electron chi connectivity index (χ1n) is 20.0. The molecule has 284 valence electrons. The van der Waals surface area contributed by atoms with Gasteiger partial charge in [0.2, 0.25) is 11.8 Å². The van der Waals surface area contributed by atoms with Gasteiger partial charge in [-0.2, -0.15) is 0 Å². The number of ether oxygens (including phenoxy) is 1. The molecule has 0 radical (unpaired) electrons. The zero-order chi connectivity index (χ0) is 37.5. The maximum absolute atomic E-state index is 13.1. The summed E-state index contributed by atoms with van der Waals surface area (Å²) in [6.07, 6.45) is 4.28. The number of imide groups is 1. The largest absolute Gasteiger partial charge is 0.508 e. The second kappa shape index (κ2) is 15.1. The summed E-state index contributed by atoms with van der Waals surface area (Å²) in [6, 6.07) is 30.8. The Balaban J connectivity index is 0.756. The van der Waals surface area contributed by atoms with Crippen molar-refractivity contribution in [2.45, 2.75) is 56.5 Å². The third kappa shape index (κ3) is 7.15. The standard InChI is InChI=1S/C45H49N5O5/c51-36-11-13-38-41(27-36)55-29-39(31-4-2-1-3-5-31)43(38)32-6-8-34(9-7-32)48-20-17-30(18-21-48)16-19-47-22-24-49(25-23-47)35-10-12-37-33(26-35)28-50(45(37)54)40-14-15-42(52)46-44(40)53/h1-13,26-27,30,39-40,43,51H,14-25,28-29H2,(H,46,52,53)/t39-,40+,43?/m1/s1. The molecule has 10 nitrogen and oxygen atoms in total. The number of hydrogen-bond donors (Lipinski definition) is 2. The van der Waals surface area contributed by atoms with Gasteiger partial charge in [-0.15, -0.1) is 0 Å². The number of hydrogen-bond acceptors (Lipinski definition) is 8. The van der Waals surface area contributed by atoms with E-state index in [4.69, 9.17) is 4.74 Å². The predicted octanol–water partition coefficient (Wildman–Crippen LogP) is 5.89. The smallest absolute Gasteiger partial charge is 0.255 e. The van der Waals surface area contributed by atoms with Crippen molar-refractivity contribution in [2.24, 2.45) is 5.92 Å². The number of rotatable bonds is 8. The molecule has 4 aromatic rings. The third-order valence-electron chi connectivity index (χ3n) is 12.7. The fourth-order valence-electron chi connectivity index (χ4n) is 9.52. The highest BCUT2D eigenvalue weighted by Gasteiger charge is 2.39. The maximum atomic E-state index is 13.1. The van der Waals surface area contributed by atoms with Crippen molar-refractivity contribution in [1.29, 1.82) is 0 Å². The molecule has 0 aliphatic carbocycles. The van der Waals surface area contributed by atoms with Crippen LogP contribution in [0.15, 0.2) is 91.0 Å². The number of benzene rings is 4. The van der Waals surface area contributed by atoms with E-state index in [1.165, 1.54) is 36.1 Å². The number of aromatic hydroxyl groups is 1. The highest BCUT2D eigenvalue weighted by Crippen LogP contribution is 2.47. The van der Waals surface area contributed by atoms with Gasteiger partial charge in [-0.25, -0.2) is 0 Å². The van der Waals surface area contributed by atoms with E-state index in [0.29, 0.717) is 25.1 Å². The van der Waals surface area contributed by atoms with Crippen LogP contribution in [0.2, 0.25) is 0 Å². The Labute approximate surface area is 322 Å². The highest BCUT2D eigenvalue weighted by molar-refractivity contribution is 6.05. The molecule has 5 heterocycles. The molecule has 0 bridgehead atoms. The van der Waals surface area contributed by atoms with Crippen LogP contribution >= 0.6 is 0 Å². The van der Waals surface area contributed by atoms with Crippen LogP contribution in [0.25, 0.3) is 0 Å². The minimum Gasteiger partial charge on any atom is -0.508 e. The van der Waals surface area contributed by atoms with Crippen LogP contribution in [-0.4, -0.2) is 91.1 Å². The van der Waals surface area contributed by atoms with Gasteiger partial charge in [0.25, 0.3) is 5.91 Å². The summed E-state index contributed by atoms with van der Waals surface area (Å²) in [5.74, 6) is 1.30. The maximum Gasteiger partial charge on any atom is 0.255 e. The number of carbonyl (C=O) groups excluding carboxylic acids is 3. The number of phenols is 1. The molecular weight excluding hydrogens is 691 g/mol. The van der Waals surface area contributed by atoms with Gasteiger partial charge in [0, 0.05) is 92.6 Å². The Morgan fingerprint density at radius 1 is 0.745 bits per heavy atom. The van der Waals surface area contributed by atoms with E-state index in [-0.39, 0.29) is 41.7 Å². The van der Waals surface area contributed by atoms with Crippen molar-refractivity contribution in [3.05, 3.63) is 119 Å². The number of anilines is 2. The van der Waals surface area contributed by atoms with E-state index < -0.39 is 6.04 Å². The van der Waals surface area contributed by atoms with Crippen LogP contribution < -0.4 is 19.9 Å². The first kappa shape index (κ1) is 35.4. The quantitative estimate of drug-likeness (QED) is 0.216. The predicted molar refractivity (Wildman–Crippen MR) is 212 cm³/mol. The lowest BCUT2D eigenvalue weighted by Gasteiger charge is -2.38. The topological polar surface area (TPSA) is 106 Å². The van der Waals surface area contributed by atoms with Crippen LogP contribution in [0.3, 0.4) is 0 Å². The molecule has 0 spiro atoms. The molecule has 0 aromatic heterocycles. The van der Waals surface area contributed by atoms with Crippen molar-refractivity contribution >= 4 is 29.1 Å². The molecule has 10 heteroatoms. The Morgan fingerprint density at radius 3 is 2.25 bits per heavy atom. The monoisotopic (exact) mass is 739 g/mol. The van der Waals surface area contributed by atoms with E-state index in [0.717, 1.165) is 74.3 Å². The van der Waals surface area contributed by atoms with Crippen LogP contribution in [0.5, 0.6) is 11.5 Å². The number of carbonyl (C=O) groups is 3. The molecule has 2 N–H and O–H groups in total.